The van der Waals surface area contributed by atoms with E-state index in [1.807, 2.05) is 0 Å². The molecule has 0 atom stereocenters. The molecular weight excluding hydrogens is 468 g/mol. The largest absolute Gasteiger partial charge is 0.273 e. The summed E-state index contributed by atoms with van der Waals surface area (Å²) in [6.45, 7) is 0. The van der Waals surface area contributed by atoms with Gasteiger partial charge in [-0.15, -0.1) is 0 Å². The Morgan fingerprint density at radius 1 is 0.639 bits per heavy atom. The minimum atomic E-state index is -0.483. The van der Waals surface area contributed by atoms with Crippen LogP contribution in [0, 0.1) is 20.2 Å². The van der Waals surface area contributed by atoms with Crippen LogP contribution in [0.4, 0.5) is 11.4 Å². The van der Waals surface area contributed by atoms with Gasteiger partial charge in [-0.25, -0.2) is 10.9 Å². The Kier molecular flexibility index (Phi) is 11.9. The van der Waals surface area contributed by atoms with Gasteiger partial charge in [0.1, 0.15) is 0 Å². The summed E-state index contributed by atoms with van der Waals surface area (Å²) in [6, 6.07) is 11.7. The molecule has 0 aromatic heterocycles. The Morgan fingerprint density at radius 3 is 1.31 bits per heavy atom. The van der Waals surface area contributed by atoms with Gasteiger partial charge in [0.25, 0.3) is 11.4 Å². The van der Waals surface area contributed by atoms with E-state index in [0.29, 0.717) is 24.0 Å². The molecule has 0 unspecified atom stereocenters. The van der Waals surface area contributed by atoms with Gasteiger partial charge in [0.15, 0.2) is 0 Å². The van der Waals surface area contributed by atoms with Gasteiger partial charge in [-0.1, -0.05) is 25.7 Å². The smallest absolute Gasteiger partial charge is 0.269 e. The summed E-state index contributed by atoms with van der Waals surface area (Å²) in [5.74, 6) is -0.391. The van der Waals surface area contributed by atoms with Crippen LogP contribution >= 0.6 is 0 Å². The number of nitrogens with zero attached hydrogens (tertiary/aromatic N) is 4. The maximum atomic E-state index is 11.8. The number of hydrazone groups is 2. The van der Waals surface area contributed by atoms with Gasteiger partial charge < -0.3 is 0 Å². The molecule has 2 amide bonds. The van der Waals surface area contributed by atoms with Crippen molar-refractivity contribution in [1.29, 1.82) is 0 Å². The zero-order valence-corrected chi connectivity index (χ0v) is 19.7. The number of nitrogens with one attached hydrogen (secondary N) is 2. The van der Waals surface area contributed by atoms with E-state index >= 15 is 0 Å². The first-order chi connectivity index (χ1) is 17.3. The first-order valence-corrected chi connectivity index (χ1v) is 11.5. The van der Waals surface area contributed by atoms with Crippen molar-refractivity contribution < 1.29 is 19.4 Å². The summed E-state index contributed by atoms with van der Waals surface area (Å²) < 4.78 is 0. The number of hydrogen-bond donors (Lipinski definition) is 2. The highest BCUT2D eigenvalue weighted by atomic mass is 16.6. The zero-order chi connectivity index (χ0) is 26.2. The van der Waals surface area contributed by atoms with E-state index in [4.69, 9.17) is 0 Å². The summed E-state index contributed by atoms with van der Waals surface area (Å²) >= 11 is 0. The Morgan fingerprint density at radius 2 is 0.972 bits per heavy atom. The summed E-state index contributed by atoms with van der Waals surface area (Å²) in [6.07, 6.45) is 8.74. The molecule has 2 aromatic rings. The molecule has 0 aliphatic carbocycles. The van der Waals surface area contributed by atoms with Crippen LogP contribution in [0.15, 0.2) is 58.7 Å². The van der Waals surface area contributed by atoms with E-state index < -0.39 is 9.85 Å². The fourth-order valence-electron chi connectivity index (χ4n) is 3.11. The van der Waals surface area contributed by atoms with Crippen molar-refractivity contribution in [3.63, 3.8) is 0 Å². The molecule has 2 aromatic carbocycles. The highest BCUT2D eigenvalue weighted by molar-refractivity contribution is 5.83. The minimum absolute atomic E-state index is 0.00884. The van der Waals surface area contributed by atoms with Crippen LogP contribution < -0.4 is 10.9 Å². The summed E-state index contributed by atoms with van der Waals surface area (Å²) in [5, 5.41) is 28.9. The molecule has 0 saturated heterocycles. The van der Waals surface area contributed by atoms with E-state index in [1.54, 1.807) is 24.3 Å². The maximum Gasteiger partial charge on any atom is 0.269 e. The van der Waals surface area contributed by atoms with Crippen LogP contribution in [-0.4, -0.2) is 34.1 Å². The van der Waals surface area contributed by atoms with Crippen LogP contribution in [0.1, 0.15) is 62.5 Å². The monoisotopic (exact) mass is 496 g/mol. The van der Waals surface area contributed by atoms with Crippen molar-refractivity contribution in [1.82, 2.24) is 10.9 Å². The molecule has 0 bridgehead atoms. The standard InChI is InChI=1S/C24H28N6O6/c31-23(27-25-17-19-9-13-21(14-10-19)29(33)34)7-5-3-1-2-4-6-8-24(32)28-26-18-20-11-15-22(16-12-20)30(35)36/h9-18H,1-8H2,(H,27,31)(H,28,32). The molecule has 0 fully saturated rings. The molecule has 12 nitrogen and oxygen atoms in total. The molecule has 190 valence electrons. The molecule has 0 heterocycles. The van der Waals surface area contributed by atoms with Crippen molar-refractivity contribution in [3.8, 4) is 0 Å². The van der Waals surface area contributed by atoms with E-state index in [-0.39, 0.29) is 23.2 Å². The van der Waals surface area contributed by atoms with Crippen LogP contribution in [0.3, 0.4) is 0 Å². The quantitative estimate of drug-likeness (QED) is 0.162. The number of hydrogen-bond acceptors (Lipinski definition) is 8. The second kappa shape index (κ2) is 15.4. The number of carbonyl (C=O) groups excluding carboxylic acids is 2. The fraction of sp³-hybridized carbons (Fsp3) is 0.333. The lowest BCUT2D eigenvalue weighted by molar-refractivity contribution is -0.385. The average Bonchev–Trinajstić information content (AvgIpc) is 2.86. The average molecular weight is 497 g/mol. The number of carbonyl (C=O) groups is 2. The Balaban J connectivity index is 1.47. The van der Waals surface area contributed by atoms with Gasteiger partial charge in [-0.05, 0) is 48.2 Å². The topological polar surface area (TPSA) is 169 Å². The summed E-state index contributed by atoms with van der Waals surface area (Å²) in [7, 11) is 0. The predicted octanol–water partition coefficient (Wildman–Crippen LogP) is 4.22. The fourth-order valence-corrected chi connectivity index (χ4v) is 3.11. The summed E-state index contributed by atoms with van der Waals surface area (Å²) in [5.41, 5.74) is 6.15. The van der Waals surface area contributed by atoms with Crippen LogP contribution in [-0.2, 0) is 9.59 Å². The van der Waals surface area contributed by atoms with Crippen molar-refractivity contribution in [2.75, 3.05) is 0 Å². The molecule has 0 saturated carbocycles. The maximum absolute atomic E-state index is 11.8. The number of nitro benzene ring substituents is 2. The normalized spacial score (nSPS) is 11.0. The zero-order valence-electron chi connectivity index (χ0n) is 19.7. The lowest BCUT2D eigenvalue weighted by Gasteiger charge is -2.02. The Labute approximate surface area is 207 Å². The minimum Gasteiger partial charge on any atom is -0.273 e. The van der Waals surface area contributed by atoms with Gasteiger partial charge >= 0.3 is 0 Å². The van der Waals surface area contributed by atoms with E-state index in [0.717, 1.165) is 38.5 Å². The molecule has 2 rings (SSSR count). The molecule has 2 N–H and O–H groups in total. The Hall–Kier alpha value is -4.48. The third-order valence-corrected chi connectivity index (χ3v) is 5.07. The number of nitro groups is 2. The van der Waals surface area contributed by atoms with Crippen LogP contribution in [0.25, 0.3) is 0 Å². The first kappa shape index (κ1) is 27.8. The Bertz CT molecular complexity index is 996. The van der Waals surface area contributed by atoms with Crippen molar-refractivity contribution in [3.05, 3.63) is 79.9 Å². The number of amides is 2. The number of benzene rings is 2. The predicted molar refractivity (Wildman–Crippen MR) is 135 cm³/mol. The first-order valence-electron chi connectivity index (χ1n) is 11.5. The van der Waals surface area contributed by atoms with E-state index in [1.165, 1.54) is 36.7 Å². The molecular formula is C24H28N6O6. The lowest BCUT2D eigenvalue weighted by Crippen LogP contribution is -2.17. The van der Waals surface area contributed by atoms with Gasteiger partial charge in [0, 0.05) is 37.1 Å². The number of non-ortho nitro benzene ring substituents is 2. The van der Waals surface area contributed by atoms with E-state index in [9.17, 15) is 29.8 Å². The molecule has 0 aliphatic rings. The second-order valence-corrected chi connectivity index (χ2v) is 7.90. The third-order valence-electron chi connectivity index (χ3n) is 5.07. The van der Waals surface area contributed by atoms with Gasteiger partial charge in [-0.2, -0.15) is 10.2 Å². The third kappa shape index (κ3) is 11.1. The second-order valence-electron chi connectivity index (χ2n) is 7.90. The highest BCUT2D eigenvalue weighted by Crippen LogP contribution is 2.12. The SMILES string of the molecule is O=C(CCCCCCCCC(=O)NN=Cc1ccc([N+](=O)[O-])cc1)NN=Cc1ccc([N+](=O)[O-])cc1. The molecule has 0 radical (unpaired) electrons. The lowest BCUT2D eigenvalue weighted by atomic mass is 10.1. The van der Waals surface area contributed by atoms with Gasteiger partial charge in [-0.3, -0.25) is 29.8 Å². The van der Waals surface area contributed by atoms with Crippen molar-refractivity contribution in [2.45, 2.75) is 51.4 Å². The highest BCUT2D eigenvalue weighted by Gasteiger charge is 2.04. The van der Waals surface area contributed by atoms with Gasteiger partial charge in [0.2, 0.25) is 11.8 Å². The number of unbranched alkanes of at least 4 members (excludes halogenated alkanes) is 5. The molecule has 0 spiro atoms. The van der Waals surface area contributed by atoms with Crippen molar-refractivity contribution >= 4 is 35.6 Å². The molecule has 0 aliphatic heterocycles. The van der Waals surface area contributed by atoms with Gasteiger partial charge in [0.05, 0.1) is 22.3 Å². The molecule has 36 heavy (non-hydrogen) atoms. The molecule has 12 heteroatoms. The van der Waals surface area contributed by atoms with Crippen molar-refractivity contribution in [2.24, 2.45) is 10.2 Å². The summed E-state index contributed by atoms with van der Waals surface area (Å²) in [4.78, 5) is 43.9. The van der Waals surface area contributed by atoms with Crippen LogP contribution in [0.5, 0.6) is 0 Å². The van der Waals surface area contributed by atoms with E-state index in [2.05, 4.69) is 21.1 Å². The number of rotatable bonds is 15. The van der Waals surface area contributed by atoms with Crippen LogP contribution in [0.2, 0.25) is 0 Å².